The van der Waals surface area contributed by atoms with Gasteiger partial charge >= 0.3 is 6.18 Å². The number of ether oxygens (including phenoxy) is 2. The maximum atomic E-state index is 14.3. The fourth-order valence-corrected chi connectivity index (χ4v) is 2.83. The number of hydrogen-bond donors (Lipinski definition) is 1. The molecule has 0 saturated heterocycles. The van der Waals surface area contributed by atoms with E-state index in [1.54, 1.807) is 24.3 Å². The first-order valence-corrected chi connectivity index (χ1v) is 8.48. The number of alkyl halides is 3. The van der Waals surface area contributed by atoms with Gasteiger partial charge in [0, 0.05) is 18.2 Å². The number of fused-ring (bicyclic) bond motifs is 1. The summed E-state index contributed by atoms with van der Waals surface area (Å²) < 4.78 is 61.5. The number of benzene rings is 2. The van der Waals surface area contributed by atoms with E-state index >= 15 is 0 Å². The van der Waals surface area contributed by atoms with Crippen LogP contribution in [-0.4, -0.2) is 24.9 Å². The molecule has 148 valence electrons. The van der Waals surface area contributed by atoms with Gasteiger partial charge in [-0.1, -0.05) is 12.1 Å². The van der Waals surface area contributed by atoms with Crippen molar-refractivity contribution < 1.29 is 27.0 Å². The lowest BCUT2D eigenvalue weighted by atomic mass is 10.0. The zero-order chi connectivity index (χ0) is 20.3. The largest absolute Gasteiger partial charge is 0.497 e. The molecule has 0 bridgehead atoms. The summed E-state index contributed by atoms with van der Waals surface area (Å²) in [5.41, 5.74) is 0.384. The van der Waals surface area contributed by atoms with Gasteiger partial charge in [-0.3, -0.25) is 4.79 Å². The molecule has 1 N–H and O–H groups in total. The number of hydrogen-bond acceptors (Lipinski definition) is 3. The molecule has 1 heterocycles. The third-order valence-corrected chi connectivity index (χ3v) is 4.21. The standard InChI is InChI=1S/C20H17F4NO3/c1-27-13-5-3-12(4-6-13)14-11-25-18-16(28-10-2-9-20(22,23)24)8-7-15(21)17(18)19(14)26/h3-8,11H,2,9-10H2,1H3,(H,25,26). The van der Waals surface area contributed by atoms with Crippen molar-refractivity contribution in [1.82, 2.24) is 4.98 Å². The second kappa shape index (κ2) is 7.92. The van der Waals surface area contributed by atoms with Crippen molar-refractivity contribution in [3.05, 3.63) is 58.6 Å². The van der Waals surface area contributed by atoms with Crippen LogP contribution in [0.5, 0.6) is 11.5 Å². The van der Waals surface area contributed by atoms with Crippen LogP contribution < -0.4 is 14.9 Å². The molecule has 0 fully saturated rings. The summed E-state index contributed by atoms with van der Waals surface area (Å²) in [5, 5.41) is -0.207. The minimum absolute atomic E-state index is 0.106. The van der Waals surface area contributed by atoms with Crippen molar-refractivity contribution in [2.75, 3.05) is 13.7 Å². The van der Waals surface area contributed by atoms with Gasteiger partial charge in [-0.2, -0.15) is 13.2 Å². The van der Waals surface area contributed by atoms with Gasteiger partial charge in [-0.05, 0) is 36.2 Å². The smallest absolute Gasteiger partial charge is 0.389 e. The number of H-pyrrole nitrogens is 1. The molecular formula is C20H17F4NO3. The van der Waals surface area contributed by atoms with Gasteiger partial charge < -0.3 is 14.5 Å². The molecule has 8 heteroatoms. The Morgan fingerprint density at radius 3 is 2.43 bits per heavy atom. The van der Waals surface area contributed by atoms with E-state index in [1.807, 2.05) is 0 Å². The van der Waals surface area contributed by atoms with Crippen LogP contribution in [-0.2, 0) is 0 Å². The summed E-state index contributed by atoms with van der Waals surface area (Å²) in [4.78, 5) is 15.7. The molecule has 2 aromatic carbocycles. The minimum Gasteiger partial charge on any atom is -0.497 e. The highest BCUT2D eigenvalue weighted by Gasteiger charge is 2.26. The van der Waals surface area contributed by atoms with Gasteiger partial charge in [0.25, 0.3) is 0 Å². The summed E-state index contributed by atoms with van der Waals surface area (Å²) in [7, 11) is 1.52. The summed E-state index contributed by atoms with van der Waals surface area (Å²) in [6, 6.07) is 9.04. The van der Waals surface area contributed by atoms with Gasteiger partial charge in [0.2, 0.25) is 0 Å². The lowest BCUT2D eigenvalue weighted by Gasteiger charge is -2.12. The SMILES string of the molecule is COc1ccc(-c2c[nH]c3c(OCCCC(F)(F)F)ccc(F)c3c2=O)cc1. The van der Waals surface area contributed by atoms with Crippen LogP contribution in [0.3, 0.4) is 0 Å². The van der Waals surface area contributed by atoms with Gasteiger partial charge in [-0.25, -0.2) is 4.39 Å². The highest BCUT2D eigenvalue weighted by atomic mass is 19.4. The first-order chi connectivity index (χ1) is 13.3. The Morgan fingerprint density at radius 1 is 1.07 bits per heavy atom. The van der Waals surface area contributed by atoms with E-state index in [4.69, 9.17) is 9.47 Å². The van der Waals surface area contributed by atoms with Crippen molar-refractivity contribution >= 4 is 10.9 Å². The molecular weight excluding hydrogens is 378 g/mol. The predicted octanol–water partition coefficient (Wildman–Crippen LogP) is 5.06. The highest BCUT2D eigenvalue weighted by molar-refractivity contribution is 5.88. The van der Waals surface area contributed by atoms with Crippen LogP contribution in [0.1, 0.15) is 12.8 Å². The molecule has 0 aliphatic carbocycles. The number of rotatable bonds is 6. The van der Waals surface area contributed by atoms with Crippen LogP contribution in [0.2, 0.25) is 0 Å². The molecule has 0 unspecified atom stereocenters. The summed E-state index contributed by atoms with van der Waals surface area (Å²) in [6.07, 6.45) is -4.06. The second-order valence-electron chi connectivity index (χ2n) is 6.12. The number of aromatic amines is 1. The number of methoxy groups -OCH3 is 1. The van der Waals surface area contributed by atoms with E-state index in [0.29, 0.717) is 11.3 Å². The Morgan fingerprint density at radius 2 is 1.79 bits per heavy atom. The molecule has 4 nitrogen and oxygen atoms in total. The Labute approximate surface area is 157 Å². The zero-order valence-corrected chi connectivity index (χ0v) is 14.9. The maximum Gasteiger partial charge on any atom is 0.389 e. The number of pyridine rings is 1. The minimum atomic E-state index is -4.27. The first kappa shape index (κ1) is 19.7. The Hall–Kier alpha value is -3.03. The lowest BCUT2D eigenvalue weighted by molar-refractivity contribution is -0.136. The molecule has 0 spiro atoms. The van der Waals surface area contributed by atoms with Crippen LogP contribution in [0.25, 0.3) is 22.0 Å². The zero-order valence-electron chi connectivity index (χ0n) is 14.9. The van der Waals surface area contributed by atoms with Gasteiger partial charge in [0.15, 0.2) is 5.43 Å². The van der Waals surface area contributed by atoms with Crippen molar-refractivity contribution in [3.63, 3.8) is 0 Å². The van der Waals surface area contributed by atoms with E-state index in [1.165, 1.54) is 19.4 Å². The van der Waals surface area contributed by atoms with Crippen molar-refractivity contribution in [2.45, 2.75) is 19.0 Å². The van der Waals surface area contributed by atoms with Crippen molar-refractivity contribution in [2.24, 2.45) is 0 Å². The van der Waals surface area contributed by atoms with E-state index in [9.17, 15) is 22.4 Å². The average Bonchev–Trinajstić information content (AvgIpc) is 2.66. The molecule has 3 aromatic rings. The van der Waals surface area contributed by atoms with Gasteiger partial charge in [0.05, 0.1) is 24.6 Å². The third kappa shape index (κ3) is 4.27. The normalized spacial score (nSPS) is 11.6. The maximum absolute atomic E-state index is 14.3. The molecule has 3 rings (SSSR count). The molecule has 0 aliphatic rings. The predicted molar refractivity (Wildman–Crippen MR) is 97.3 cm³/mol. The first-order valence-electron chi connectivity index (χ1n) is 8.48. The van der Waals surface area contributed by atoms with Crippen molar-refractivity contribution in [3.8, 4) is 22.6 Å². The molecule has 0 amide bonds. The Bertz CT molecular complexity index is 1030. The van der Waals surface area contributed by atoms with Crippen LogP contribution in [0.4, 0.5) is 17.6 Å². The molecule has 0 saturated carbocycles. The van der Waals surface area contributed by atoms with E-state index in [0.717, 1.165) is 6.07 Å². The van der Waals surface area contributed by atoms with Crippen LogP contribution >= 0.6 is 0 Å². The topological polar surface area (TPSA) is 51.3 Å². The monoisotopic (exact) mass is 395 g/mol. The second-order valence-corrected chi connectivity index (χ2v) is 6.12. The summed E-state index contributed by atoms with van der Waals surface area (Å²) >= 11 is 0. The quantitative estimate of drug-likeness (QED) is 0.469. The van der Waals surface area contributed by atoms with E-state index in [2.05, 4.69) is 4.98 Å². The fraction of sp³-hybridized carbons (Fsp3) is 0.250. The number of halogens is 4. The fourth-order valence-electron chi connectivity index (χ4n) is 2.83. The van der Waals surface area contributed by atoms with E-state index in [-0.39, 0.29) is 35.2 Å². The van der Waals surface area contributed by atoms with Gasteiger partial charge in [0.1, 0.15) is 17.3 Å². The molecule has 0 aliphatic heterocycles. The molecule has 0 atom stereocenters. The number of nitrogens with one attached hydrogen (secondary N) is 1. The van der Waals surface area contributed by atoms with Crippen LogP contribution in [0, 0.1) is 5.82 Å². The molecule has 1 aromatic heterocycles. The highest BCUT2D eigenvalue weighted by Crippen LogP contribution is 2.28. The summed E-state index contributed by atoms with van der Waals surface area (Å²) in [5.74, 6) is -0.00657. The Balaban J connectivity index is 1.94. The van der Waals surface area contributed by atoms with Crippen LogP contribution in [0.15, 0.2) is 47.4 Å². The van der Waals surface area contributed by atoms with Gasteiger partial charge in [-0.15, -0.1) is 0 Å². The van der Waals surface area contributed by atoms with Crippen molar-refractivity contribution in [1.29, 1.82) is 0 Å². The van der Waals surface area contributed by atoms with E-state index < -0.39 is 23.8 Å². The average molecular weight is 395 g/mol. The molecule has 28 heavy (non-hydrogen) atoms. The third-order valence-electron chi connectivity index (χ3n) is 4.21. The lowest BCUT2D eigenvalue weighted by Crippen LogP contribution is -2.11. The Kier molecular flexibility index (Phi) is 5.58. The molecule has 0 radical (unpaired) electrons. The summed E-state index contributed by atoms with van der Waals surface area (Å²) in [6.45, 7) is -0.206. The number of aromatic nitrogens is 1.